The zero-order valence-corrected chi connectivity index (χ0v) is 17.2. The van der Waals surface area contributed by atoms with E-state index in [0.717, 1.165) is 32.4 Å². The molecule has 2 atom stereocenters. The molecule has 1 fully saturated rings. The number of carbonyl (C=O) groups is 1. The lowest BCUT2D eigenvalue weighted by molar-refractivity contribution is 0.0467. The summed E-state index contributed by atoms with van der Waals surface area (Å²) >= 11 is 0. The normalized spacial score (nSPS) is 19.6. The Morgan fingerprint density at radius 1 is 0.964 bits per heavy atom. The third-order valence-corrected chi connectivity index (χ3v) is 5.11. The monoisotopic (exact) mass is 380 g/mol. The van der Waals surface area contributed by atoms with Gasteiger partial charge in [0.2, 0.25) is 0 Å². The van der Waals surface area contributed by atoms with E-state index in [1.165, 1.54) is 11.1 Å². The van der Waals surface area contributed by atoms with Crippen molar-refractivity contribution < 1.29 is 9.53 Å². The van der Waals surface area contributed by atoms with Crippen molar-refractivity contribution in [3.8, 4) is 0 Å². The van der Waals surface area contributed by atoms with Crippen LogP contribution in [0.2, 0.25) is 0 Å². The highest BCUT2D eigenvalue weighted by atomic mass is 16.6. The number of amides is 1. The van der Waals surface area contributed by atoms with Gasteiger partial charge in [0.15, 0.2) is 0 Å². The number of carbonyl (C=O) groups excluding carboxylic acids is 1. The first-order valence-electron chi connectivity index (χ1n) is 10.2. The predicted molar refractivity (Wildman–Crippen MR) is 113 cm³/mol. The van der Waals surface area contributed by atoms with E-state index in [1.54, 1.807) is 0 Å². The lowest BCUT2D eigenvalue weighted by Crippen LogP contribution is -2.49. The molecule has 0 spiro atoms. The molecule has 3 rings (SSSR count). The highest BCUT2D eigenvalue weighted by Crippen LogP contribution is 2.27. The van der Waals surface area contributed by atoms with Crippen LogP contribution >= 0.6 is 0 Å². The molecule has 0 heterocycles. The van der Waals surface area contributed by atoms with Crippen LogP contribution in [0.15, 0.2) is 60.7 Å². The van der Waals surface area contributed by atoms with Crippen molar-refractivity contribution in [2.45, 2.75) is 70.8 Å². The number of rotatable bonds is 6. The van der Waals surface area contributed by atoms with Crippen molar-refractivity contribution in [1.29, 1.82) is 0 Å². The minimum absolute atomic E-state index is 0.113. The van der Waals surface area contributed by atoms with Gasteiger partial charge in [0, 0.05) is 25.2 Å². The second-order valence-electron chi connectivity index (χ2n) is 8.63. The van der Waals surface area contributed by atoms with Crippen LogP contribution in [0.1, 0.15) is 51.2 Å². The number of nitrogens with one attached hydrogen (secondary N) is 1. The Kier molecular flexibility index (Phi) is 6.74. The molecule has 1 aliphatic carbocycles. The SMILES string of the molecule is CC(C)(C)OC(=O)NC1CCCC1N(Cc1ccccc1)Cc1ccccc1. The topological polar surface area (TPSA) is 41.6 Å². The second-order valence-corrected chi connectivity index (χ2v) is 8.63. The van der Waals surface area contributed by atoms with Crippen LogP contribution in [-0.2, 0) is 17.8 Å². The summed E-state index contributed by atoms with van der Waals surface area (Å²) in [6, 6.07) is 21.5. The fourth-order valence-corrected chi connectivity index (χ4v) is 3.93. The number of alkyl carbamates (subject to hydrolysis) is 1. The lowest BCUT2D eigenvalue weighted by atomic mass is 10.1. The van der Waals surface area contributed by atoms with Crippen molar-refractivity contribution in [1.82, 2.24) is 10.2 Å². The Hall–Kier alpha value is -2.33. The van der Waals surface area contributed by atoms with E-state index in [4.69, 9.17) is 4.74 Å². The summed E-state index contributed by atoms with van der Waals surface area (Å²) in [4.78, 5) is 14.8. The maximum absolute atomic E-state index is 12.3. The Balaban J connectivity index is 1.74. The first-order chi connectivity index (χ1) is 13.4. The van der Waals surface area contributed by atoms with E-state index in [9.17, 15) is 4.79 Å². The molecular formula is C24H32N2O2. The van der Waals surface area contributed by atoms with Gasteiger partial charge < -0.3 is 10.1 Å². The maximum Gasteiger partial charge on any atom is 0.407 e. The molecule has 150 valence electrons. The molecule has 2 aromatic carbocycles. The van der Waals surface area contributed by atoms with Crippen molar-refractivity contribution in [3.05, 3.63) is 71.8 Å². The Morgan fingerprint density at radius 2 is 1.50 bits per heavy atom. The van der Waals surface area contributed by atoms with Crippen LogP contribution in [0.4, 0.5) is 4.79 Å². The zero-order chi connectivity index (χ0) is 20.0. The summed E-state index contributed by atoms with van der Waals surface area (Å²) in [6.07, 6.45) is 2.87. The van der Waals surface area contributed by atoms with Gasteiger partial charge >= 0.3 is 6.09 Å². The first-order valence-corrected chi connectivity index (χ1v) is 10.2. The molecule has 1 N–H and O–H groups in total. The summed E-state index contributed by atoms with van der Waals surface area (Å²) in [5.41, 5.74) is 2.11. The zero-order valence-electron chi connectivity index (χ0n) is 17.2. The summed E-state index contributed by atoms with van der Waals surface area (Å²) in [5.74, 6) is 0. The molecule has 4 nitrogen and oxygen atoms in total. The van der Waals surface area contributed by atoms with Crippen LogP contribution < -0.4 is 5.32 Å². The summed E-state index contributed by atoms with van der Waals surface area (Å²) in [5, 5.41) is 3.13. The fourth-order valence-electron chi connectivity index (χ4n) is 3.93. The minimum Gasteiger partial charge on any atom is -0.444 e. The molecule has 0 saturated heterocycles. The predicted octanol–water partition coefficient (Wildman–Crippen LogP) is 5.13. The Bertz CT molecular complexity index is 699. The third-order valence-electron chi connectivity index (χ3n) is 5.11. The largest absolute Gasteiger partial charge is 0.444 e. The van der Waals surface area contributed by atoms with Crippen molar-refractivity contribution in [2.24, 2.45) is 0 Å². The highest BCUT2D eigenvalue weighted by molar-refractivity contribution is 5.68. The van der Waals surface area contributed by atoms with Gasteiger partial charge in [-0.15, -0.1) is 0 Å². The van der Waals surface area contributed by atoms with Crippen molar-refractivity contribution >= 4 is 6.09 Å². The number of hydrogen-bond donors (Lipinski definition) is 1. The van der Waals surface area contributed by atoms with Crippen LogP contribution in [0.5, 0.6) is 0 Å². The summed E-state index contributed by atoms with van der Waals surface area (Å²) in [7, 11) is 0. The maximum atomic E-state index is 12.3. The minimum atomic E-state index is -0.480. The van der Waals surface area contributed by atoms with Gasteiger partial charge in [-0.25, -0.2) is 4.79 Å². The second kappa shape index (κ2) is 9.24. The van der Waals surface area contributed by atoms with Crippen LogP contribution in [0.3, 0.4) is 0 Å². The first kappa shape index (κ1) is 20.4. The molecule has 4 heteroatoms. The van der Waals surface area contributed by atoms with Crippen molar-refractivity contribution in [2.75, 3.05) is 0 Å². The average molecular weight is 381 g/mol. The Morgan fingerprint density at radius 3 is 2.00 bits per heavy atom. The van der Waals surface area contributed by atoms with Crippen LogP contribution in [0, 0.1) is 0 Å². The number of nitrogens with zero attached hydrogens (tertiary/aromatic N) is 1. The average Bonchev–Trinajstić information content (AvgIpc) is 3.09. The van der Waals surface area contributed by atoms with E-state index in [1.807, 2.05) is 32.9 Å². The lowest BCUT2D eigenvalue weighted by Gasteiger charge is -2.34. The van der Waals surface area contributed by atoms with Crippen LogP contribution in [0.25, 0.3) is 0 Å². The molecule has 1 aliphatic rings. The fraction of sp³-hybridized carbons (Fsp3) is 0.458. The van der Waals surface area contributed by atoms with Gasteiger partial charge in [-0.1, -0.05) is 60.7 Å². The molecule has 2 unspecified atom stereocenters. The number of benzene rings is 2. The summed E-state index contributed by atoms with van der Waals surface area (Å²) in [6.45, 7) is 7.43. The molecule has 0 bridgehead atoms. The molecule has 1 amide bonds. The molecule has 2 aromatic rings. The van der Waals surface area contributed by atoms with Crippen molar-refractivity contribution in [3.63, 3.8) is 0 Å². The third kappa shape index (κ3) is 6.10. The number of ether oxygens (including phenoxy) is 1. The van der Waals surface area contributed by atoms with Gasteiger partial charge in [0.25, 0.3) is 0 Å². The molecule has 28 heavy (non-hydrogen) atoms. The Labute approximate surface area is 168 Å². The van der Waals surface area contributed by atoms with Gasteiger partial charge in [0.1, 0.15) is 5.60 Å². The van der Waals surface area contributed by atoms with Gasteiger partial charge in [-0.05, 0) is 51.2 Å². The van der Waals surface area contributed by atoms with E-state index < -0.39 is 5.60 Å². The molecule has 0 aliphatic heterocycles. The molecule has 1 saturated carbocycles. The van der Waals surface area contributed by atoms with E-state index in [-0.39, 0.29) is 12.1 Å². The van der Waals surface area contributed by atoms with Gasteiger partial charge in [-0.2, -0.15) is 0 Å². The van der Waals surface area contributed by atoms with E-state index >= 15 is 0 Å². The molecule has 0 radical (unpaired) electrons. The van der Waals surface area contributed by atoms with Gasteiger partial charge in [-0.3, -0.25) is 4.90 Å². The highest BCUT2D eigenvalue weighted by Gasteiger charge is 2.34. The molecule has 0 aromatic heterocycles. The standard InChI is InChI=1S/C24H32N2O2/c1-24(2,3)28-23(27)25-21-15-10-16-22(21)26(17-19-11-6-4-7-12-19)18-20-13-8-5-9-14-20/h4-9,11-14,21-22H,10,15-18H2,1-3H3,(H,25,27). The van der Waals surface area contributed by atoms with Gasteiger partial charge in [0.05, 0.1) is 0 Å². The quantitative estimate of drug-likeness (QED) is 0.755. The smallest absolute Gasteiger partial charge is 0.407 e. The van der Waals surface area contributed by atoms with E-state index in [2.05, 4.69) is 58.7 Å². The van der Waals surface area contributed by atoms with Crippen LogP contribution in [-0.4, -0.2) is 28.7 Å². The number of hydrogen-bond acceptors (Lipinski definition) is 3. The molecular weight excluding hydrogens is 348 g/mol. The van der Waals surface area contributed by atoms with E-state index in [0.29, 0.717) is 6.04 Å². The summed E-state index contributed by atoms with van der Waals surface area (Å²) < 4.78 is 5.50.